The number of allylic oxidation sites excluding steroid dienone is 1. The first kappa shape index (κ1) is 13.1. The maximum Gasteiger partial charge on any atom is 0.251 e. The number of nitrogens with two attached hydrogens (primary N) is 2. The monoisotopic (exact) mass is 234 g/mol. The topological polar surface area (TPSA) is 84.4 Å². The van der Waals surface area contributed by atoms with Gasteiger partial charge in [0.05, 0.1) is 5.69 Å². The highest BCUT2D eigenvalue weighted by Crippen LogP contribution is 2.13. The molecule has 5 heteroatoms. The fourth-order valence-electron chi connectivity index (χ4n) is 1.34. The van der Waals surface area contributed by atoms with Crippen LogP contribution in [-0.2, 0) is 0 Å². The molecule has 0 bridgehead atoms. The van der Waals surface area contributed by atoms with Gasteiger partial charge in [-0.1, -0.05) is 0 Å². The molecule has 1 rings (SSSR count). The SMILES string of the molecule is CCNC(=O)c1ccc(N(N)/C=C(/C)N)cc1. The Balaban J connectivity index is 2.81. The van der Waals surface area contributed by atoms with Crippen LogP contribution in [-0.4, -0.2) is 12.5 Å². The van der Waals surface area contributed by atoms with Crippen molar-refractivity contribution in [2.75, 3.05) is 11.6 Å². The van der Waals surface area contributed by atoms with Crippen LogP contribution < -0.4 is 21.9 Å². The van der Waals surface area contributed by atoms with Crippen molar-refractivity contribution in [3.63, 3.8) is 0 Å². The second-order valence-corrected chi connectivity index (χ2v) is 3.69. The first-order valence-electron chi connectivity index (χ1n) is 5.40. The summed E-state index contributed by atoms with van der Waals surface area (Å²) >= 11 is 0. The molecule has 0 aromatic heterocycles. The van der Waals surface area contributed by atoms with Crippen LogP contribution in [0.1, 0.15) is 24.2 Å². The predicted octanol–water partition coefficient (Wildman–Crippen LogP) is 0.936. The molecule has 1 amide bonds. The Morgan fingerprint density at radius 2 is 2.00 bits per heavy atom. The molecule has 5 N–H and O–H groups in total. The standard InChI is InChI=1S/C12H18N4O/c1-3-15-12(17)10-4-6-11(7-5-10)16(14)8-9(2)13/h4-8H,3,13-14H2,1-2H3,(H,15,17)/b9-8-. The number of carbonyl (C=O) groups excluding carboxylic acids is 1. The van der Waals surface area contributed by atoms with E-state index in [4.69, 9.17) is 11.6 Å². The van der Waals surface area contributed by atoms with Crippen LogP contribution in [0.5, 0.6) is 0 Å². The van der Waals surface area contributed by atoms with Gasteiger partial charge in [-0.15, -0.1) is 0 Å². The summed E-state index contributed by atoms with van der Waals surface area (Å²) in [5, 5.41) is 4.14. The van der Waals surface area contributed by atoms with Crippen molar-refractivity contribution in [1.82, 2.24) is 5.32 Å². The largest absolute Gasteiger partial charge is 0.401 e. The second kappa shape index (κ2) is 5.91. The Bertz CT molecular complexity index is 407. The Hall–Kier alpha value is -2.01. The van der Waals surface area contributed by atoms with E-state index < -0.39 is 0 Å². The molecular weight excluding hydrogens is 216 g/mol. The van der Waals surface area contributed by atoms with Crippen molar-refractivity contribution >= 4 is 11.6 Å². The molecule has 0 saturated carbocycles. The minimum Gasteiger partial charge on any atom is -0.401 e. The van der Waals surface area contributed by atoms with Gasteiger partial charge >= 0.3 is 0 Å². The maximum atomic E-state index is 11.5. The summed E-state index contributed by atoms with van der Waals surface area (Å²) in [6.07, 6.45) is 1.61. The lowest BCUT2D eigenvalue weighted by Crippen LogP contribution is -2.26. The Morgan fingerprint density at radius 1 is 1.41 bits per heavy atom. The van der Waals surface area contributed by atoms with Gasteiger partial charge in [-0.2, -0.15) is 0 Å². The van der Waals surface area contributed by atoms with Crippen molar-refractivity contribution in [2.24, 2.45) is 11.6 Å². The van der Waals surface area contributed by atoms with E-state index in [1.807, 2.05) is 6.92 Å². The minimum atomic E-state index is -0.0897. The van der Waals surface area contributed by atoms with Gasteiger partial charge in [-0.3, -0.25) is 9.80 Å². The highest BCUT2D eigenvalue weighted by Gasteiger charge is 2.04. The zero-order chi connectivity index (χ0) is 12.8. The van der Waals surface area contributed by atoms with Crippen molar-refractivity contribution in [2.45, 2.75) is 13.8 Å². The summed E-state index contributed by atoms with van der Waals surface area (Å²) in [6, 6.07) is 6.98. The van der Waals surface area contributed by atoms with Crippen LogP contribution in [0.15, 0.2) is 36.2 Å². The van der Waals surface area contributed by atoms with Crippen LogP contribution in [0.25, 0.3) is 0 Å². The van der Waals surface area contributed by atoms with Crippen molar-refractivity contribution in [3.8, 4) is 0 Å². The fourth-order valence-corrected chi connectivity index (χ4v) is 1.34. The predicted molar refractivity (Wildman–Crippen MR) is 69.1 cm³/mol. The van der Waals surface area contributed by atoms with E-state index in [9.17, 15) is 4.79 Å². The molecule has 0 fully saturated rings. The number of benzene rings is 1. The third-order valence-electron chi connectivity index (χ3n) is 2.11. The molecule has 0 aliphatic rings. The zero-order valence-electron chi connectivity index (χ0n) is 10.1. The number of rotatable bonds is 4. The molecule has 0 unspecified atom stereocenters. The first-order valence-corrected chi connectivity index (χ1v) is 5.40. The summed E-state index contributed by atoms with van der Waals surface area (Å²) in [4.78, 5) is 11.5. The number of carbonyl (C=O) groups is 1. The molecule has 0 spiro atoms. The number of amides is 1. The van der Waals surface area contributed by atoms with Crippen LogP contribution in [0.3, 0.4) is 0 Å². The van der Waals surface area contributed by atoms with E-state index in [0.717, 1.165) is 5.69 Å². The maximum absolute atomic E-state index is 11.5. The van der Waals surface area contributed by atoms with Crippen molar-refractivity contribution in [1.29, 1.82) is 0 Å². The second-order valence-electron chi connectivity index (χ2n) is 3.69. The van der Waals surface area contributed by atoms with E-state index in [1.165, 1.54) is 5.01 Å². The molecule has 0 heterocycles. The summed E-state index contributed by atoms with van der Waals surface area (Å²) in [6.45, 7) is 4.24. The van der Waals surface area contributed by atoms with Gasteiger partial charge in [0.25, 0.3) is 5.91 Å². The minimum absolute atomic E-state index is 0.0897. The third kappa shape index (κ3) is 3.81. The van der Waals surface area contributed by atoms with E-state index in [0.29, 0.717) is 17.8 Å². The zero-order valence-corrected chi connectivity index (χ0v) is 10.1. The fraction of sp³-hybridized carbons (Fsp3) is 0.250. The highest BCUT2D eigenvalue weighted by molar-refractivity contribution is 5.94. The smallest absolute Gasteiger partial charge is 0.251 e. The molecular formula is C12H18N4O. The van der Waals surface area contributed by atoms with Crippen molar-refractivity contribution in [3.05, 3.63) is 41.7 Å². The lowest BCUT2D eigenvalue weighted by atomic mass is 10.2. The third-order valence-corrected chi connectivity index (χ3v) is 2.11. The van der Waals surface area contributed by atoms with Gasteiger partial charge in [0.1, 0.15) is 0 Å². The number of anilines is 1. The van der Waals surface area contributed by atoms with E-state index in [1.54, 1.807) is 37.4 Å². The molecule has 5 nitrogen and oxygen atoms in total. The molecule has 1 aromatic carbocycles. The van der Waals surface area contributed by atoms with Gasteiger partial charge in [0.2, 0.25) is 0 Å². The van der Waals surface area contributed by atoms with E-state index >= 15 is 0 Å². The molecule has 17 heavy (non-hydrogen) atoms. The average Bonchev–Trinajstić information content (AvgIpc) is 2.28. The molecule has 0 aliphatic heterocycles. The van der Waals surface area contributed by atoms with Gasteiger partial charge in [0, 0.05) is 24.0 Å². The molecule has 0 saturated heterocycles. The van der Waals surface area contributed by atoms with Crippen molar-refractivity contribution < 1.29 is 4.79 Å². The molecule has 0 radical (unpaired) electrons. The number of hydrogen-bond acceptors (Lipinski definition) is 4. The first-order chi connectivity index (χ1) is 8.04. The number of nitrogens with one attached hydrogen (secondary N) is 1. The van der Waals surface area contributed by atoms with Gasteiger partial charge in [-0.05, 0) is 38.1 Å². The average molecular weight is 234 g/mol. The summed E-state index contributed by atoms with van der Waals surface area (Å²) in [7, 11) is 0. The van der Waals surface area contributed by atoms with Crippen LogP contribution >= 0.6 is 0 Å². The van der Waals surface area contributed by atoms with Gasteiger partial charge in [-0.25, -0.2) is 5.84 Å². The lowest BCUT2D eigenvalue weighted by Gasteiger charge is -2.14. The summed E-state index contributed by atoms with van der Waals surface area (Å²) < 4.78 is 0. The summed E-state index contributed by atoms with van der Waals surface area (Å²) in [5.41, 5.74) is 7.51. The number of hydrazine groups is 1. The van der Waals surface area contributed by atoms with Gasteiger partial charge in [0.15, 0.2) is 0 Å². The lowest BCUT2D eigenvalue weighted by molar-refractivity contribution is 0.0956. The van der Waals surface area contributed by atoms with Gasteiger partial charge < -0.3 is 11.1 Å². The molecule has 92 valence electrons. The number of hydrogen-bond donors (Lipinski definition) is 3. The normalized spacial score (nSPS) is 11.1. The Morgan fingerprint density at radius 3 is 2.47 bits per heavy atom. The molecule has 0 aliphatic carbocycles. The quantitative estimate of drug-likeness (QED) is 0.534. The molecule has 0 atom stereocenters. The Kier molecular flexibility index (Phi) is 4.54. The molecule has 1 aromatic rings. The highest BCUT2D eigenvalue weighted by atomic mass is 16.1. The summed E-state index contributed by atoms with van der Waals surface area (Å²) in [5.74, 6) is 5.67. The number of nitrogens with zero attached hydrogens (tertiary/aromatic N) is 1. The van der Waals surface area contributed by atoms with E-state index in [2.05, 4.69) is 5.32 Å². The van der Waals surface area contributed by atoms with Crippen LogP contribution in [0, 0.1) is 0 Å². The van der Waals surface area contributed by atoms with Crippen LogP contribution in [0.4, 0.5) is 5.69 Å². The van der Waals surface area contributed by atoms with Crippen LogP contribution in [0.2, 0.25) is 0 Å². The van der Waals surface area contributed by atoms with E-state index in [-0.39, 0.29) is 5.91 Å². The Labute approximate surface area is 101 Å².